The number of benzene rings is 2. The minimum Gasteiger partial charge on any atom is -0.508 e. The summed E-state index contributed by atoms with van der Waals surface area (Å²) < 4.78 is 43.7. The molecule has 2 heterocycles. The van der Waals surface area contributed by atoms with Crippen molar-refractivity contribution >= 4 is 5.91 Å². The molecule has 4 rings (SSSR count). The molecular formula is C23H25F3N2O2. The average Bonchev–Trinajstić information content (AvgIpc) is 3.05. The summed E-state index contributed by atoms with van der Waals surface area (Å²) >= 11 is 0. The molecule has 0 bridgehead atoms. The quantitative estimate of drug-likeness (QED) is 0.814. The monoisotopic (exact) mass is 418 g/mol. The minimum atomic E-state index is -2.97. The van der Waals surface area contributed by atoms with Gasteiger partial charge in [-0.2, -0.15) is 0 Å². The lowest BCUT2D eigenvalue weighted by atomic mass is 9.85. The zero-order chi connectivity index (χ0) is 21.5. The van der Waals surface area contributed by atoms with E-state index in [1.807, 2.05) is 0 Å². The number of carbonyl (C=O) groups is 1. The number of alkyl halides is 2. The number of piperidine rings is 1. The highest BCUT2D eigenvalue weighted by Crippen LogP contribution is 2.42. The summed E-state index contributed by atoms with van der Waals surface area (Å²) in [6.07, 6.45) is 0.734. The summed E-state index contributed by atoms with van der Waals surface area (Å²) in [6.45, 7) is 2.37. The number of hydrogen-bond donors (Lipinski definition) is 1. The van der Waals surface area contributed by atoms with Crippen LogP contribution in [0.1, 0.15) is 35.4 Å². The van der Waals surface area contributed by atoms with Gasteiger partial charge in [-0.1, -0.05) is 24.3 Å². The van der Waals surface area contributed by atoms with Crippen LogP contribution in [-0.2, 0) is 11.3 Å². The normalized spacial score (nSPS) is 24.4. The van der Waals surface area contributed by atoms with E-state index in [-0.39, 0.29) is 30.4 Å². The molecule has 2 fully saturated rings. The van der Waals surface area contributed by atoms with Crippen LogP contribution in [-0.4, -0.2) is 52.4 Å². The van der Waals surface area contributed by atoms with Crippen LogP contribution in [0.3, 0.4) is 0 Å². The molecule has 2 aromatic carbocycles. The first-order valence-corrected chi connectivity index (χ1v) is 10.2. The number of rotatable bonds is 4. The van der Waals surface area contributed by atoms with Gasteiger partial charge in [0.15, 0.2) is 0 Å². The molecule has 0 radical (unpaired) electrons. The van der Waals surface area contributed by atoms with Gasteiger partial charge in [0.2, 0.25) is 5.91 Å². The van der Waals surface area contributed by atoms with Crippen molar-refractivity contribution in [2.75, 3.05) is 19.6 Å². The maximum atomic E-state index is 14.9. The van der Waals surface area contributed by atoms with Crippen LogP contribution in [0.4, 0.5) is 13.2 Å². The Morgan fingerprint density at radius 3 is 2.50 bits per heavy atom. The summed E-state index contributed by atoms with van der Waals surface area (Å²) in [6, 6.07) is 10.2. The predicted octanol–water partition coefficient (Wildman–Crippen LogP) is 4.07. The van der Waals surface area contributed by atoms with Gasteiger partial charge >= 0.3 is 0 Å². The Kier molecular flexibility index (Phi) is 5.49. The van der Waals surface area contributed by atoms with E-state index in [2.05, 4.69) is 0 Å². The second kappa shape index (κ2) is 7.95. The van der Waals surface area contributed by atoms with Gasteiger partial charge in [0.05, 0.1) is 18.5 Å². The van der Waals surface area contributed by atoms with Gasteiger partial charge in [0.25, 0.3) is 5.92 Å². The van der Waals surface area contributed by atoms with E-state index in [1.165, 1.54) is 30.3 Å². The Morgan fingerprint density at radius 1 is 1.10 bits per heavy atom. The fourth-order valence-electron chi connectivity index (χ4n) is 4.52. The van der Waals surface area contributed by atoms with Crippen molar-refractivity contribution < 1.29 is 23.1 Å². The number of aromatic hydroxyl groups is 1. The average molecular weight is 418 g/mol. The second-order valence-corrected chi connectivity index (χ2v) is 8.31. The van der Waals surface area contributed by atoms with Gasteiger partial charge in [-0.3, -0.25) is 9.69 Å². The molecule has 2 atom stereocenters. The third kappa shape index (κ3) is 4.03. The molecule has 4 nitrogen and oxygen atoms in total. The van der Waals surface area contributed by atoms with E-state index in [0.29, 0.717) is 36.2 Å². The molecule has 2 aliphatic rings. The summed E-state index contributed by atoms with van der Waals surface area (Å²) in [7, 11) is 0. The number of carbonyl (C=O) groups excluding carboxylic acids is 1. The minimum absolute atomic E-state index is 0.0459. The molecule has 0 aromatic heterocycles. The second-order valence-electron chi connectivity index (χ2n) is 8.31. The van der Waals surface area contributed by atoms with Gasteiger partial charge in [0.1, 0.15) is 11.6 Å². The Balaban J connectivity index is 1.42. The van der Waals surface area contributed by atoms with Crippen LogP contribution in [0.5, 0.6) is 5.75 Å². The Bertz CT molecular complexity index is 933. The molecule has 1 amide bonds. The molecule has 0 unspecified atom stereocenters. The number of aryl methyl sites for hydroxylation is 1. The molecule has 0 spiro atoms. The third-order valence-electron chi connectivity index (χ3n) is 6.24. The number of phenolic OH excluding ortho intramolecular Hbond substituents is 1. The highest BCUT2D eigenvalue weighted by atomic mass is 19.3. The van der Waals surface area contributed by atoms with E-state index in [0.717, 1.165) is 0 Å². The number of nitrogens with zero attached hydrogens (tertiary/aromatic N) is 2. The van der Waals surface area contributed by atoms with Gasteiger partial charge in [-0.25, -0.2) is 13.2 Å². The lowest BCUT2D eigenvalue weighted by Crippen LogP contribution is -2.53. The van der Waals surface area contributed by atoms with E-state index < -0.39 is 24.4 Å². The maximum Gasteiger partial charge on any atom is 0.267 e. The molecule has 2 aliphatic heterocycles. The zero-order valence-electron chi connectivity index (χ0n) is 16.8. The lowest BCUT2D eigenvalue weighted by molar-refractivity contribution is -0.138. The van der Waals surface area contributed by atoms with Crippen molar-refractivity contribution in [3.63, 3.8) is 0 Å². The fraction of sp³-hybridized carbons (Fsp3) is 0.435. The first kappa shape index (κ1) is 20.7. The van der Waals surface area contributed by atoms with Crippen molar-refractivity contribution in [3.05, 3.63) is 65.0 Å². The van der Waals surface area contributed by atoms with Crippen LogP contribution in [0, 0.1) is 12.7 Å². The maximum absolute atomic E-state index is 14.9. The van der Waals surface area contributed by atoms with Gasteiger partial charge < -0.3 is 10.0 Å². The largest absolute Gasteiger partial charge is 0.508 e. The van der Waals surface area contributed by atoms with Gasteiger partial charge in [-0.15, -0.1) is 0 Å². The first-order chi connectivity index (χ1) is 14.2. The summed E-state index contributed by atoms with van der Waals surface area (Å²) in [5.74, 6) is -4.34. The van der Waals surface area contributed by atoms with E-state index in [4.69, 9.17) is 0 Å². The number of likely N-dealkylation sites (tertiary alicyclic amines) is 2. The van der Waals surface area contributed by atoms with Gasteiger partial charge in [0, 0.05) is 13.1 Å². The van der Waals surface area contributed by atoms with E-state index >= 15 is 0 Å². The highest BCUT2D eigenvalue weighted by Gasteiger charge is 2.49. The smallest absolute Gasteiger partial charge is 0.267 e. The topological polar surface area (TPSA) is 43.8 Å². The predicted molar refractivity (Wildman–Crippen MR) is 107 cm³/mol. The Hall–Kier alpha value is -2.54. The van der Waals surface area contributed by atoms with E-state index in [9.17, 15) is 23.1 Å². The third-order valence-corrected chi connectivity index (χ3v) is 6.24. The number of phenols is 1. The highest BCUT2D eigenvalue weighted by molar-refractivity contribution is 5.84. The first-order valence-electron chi connectivity index (χ1n) is 10.2. The number of hydrogen-bond acceptors (Lipinski definition) is 3. The van der Waals surface area contributed by atoms with E-state index in [1.54, 1.807) is 28.9 Å². The number of halogens is 3. The molecule has 7 heteroatoms. The summed E-state index contributed by atoms with van der Waals surface area (Å²) in [4.78, 5) is 16.1. The van der Waals surface area contributed by atoms with Crippen molar-refractivity contribution in [1.29, 1.82) is 0 Å². The Morgan fingerprint density at radius 2 is 1.83 bits per heavy atom. The van der Waals surface area contributed by atoms with Crippen LogP contribution >= 0.6 is 0 Å². The molecule has 2 saturated heterocycles. The SMILES string of the molecule is Cc1ccc(CN2CC[C@@H](N3CC[C@H](c4ccc(O)cc4)C(F)(F)C3)C2=O)cc1F. The van der Waals surface area contributed by atoms with Crippen LogP contribution in [0.2, 0.25) is 0 Å². The van der Waals surface area contributed by atoms with Gasteiger partial charge in [-0.05, 0) is 61.2 Å². The van der Waals surface area contributed by atoms with Crippen molar-refractivity contribution in [2.45, 2.75) is 44.2 Å². The molecule has 30 heavy (non-hydrogen) atoms. The van der Waals surface area contributed by atoms with Crippen molar-refractivity contribution in [1.82, 2.24) is 9.80 Å². The van der Waals surface area contributed by atoms with Crippen molar-refractivity contribution in [3.8, 4) is 5.75 Å². The standard InChI is InChI=1S/C23H25F3N2O2/c1-15-2-3-16(12-20(15)24)13-27-11-9-21(22(27)30)28-10-8-19(23(25,26)14-28)17-4-6-18(29)7-5-17/h2-7,12,19,21,29H,8-11,13-14H2,1H3/t19-,21-/m1/s1. The summed E-state index contributed by atoms with van der Waals surface area (Å²) in [5.41, 5.74) is 1.74. The fourth-order valence-corrected chi connectivity index (χ4v) is 4.52. The molecule has 160 valence electrons. The molecule has 2 aromatic rings. The molecule has 0 aliphatic carbocycles. The van der Waals surface area contributed by atoms with Crippen molar-refractivity contribution in [2.24, 2.45) is 0 Å². The molecule has 0 saturated carbocycles. The Labute approximate surface area is 173 Å². The summed E-state index contributed by atoms with van der Waals surface area (Å²) in [5, 5.41) is 9.40. The lowest BCUT2D eigenvalue weighted by Gasteiger charge is -2.40. The zero-order valence-corrected chi connectivity index (χ0v) is 16.8. The number of amides is 1. The molecule has 1 N–H and O–H groups in total. The van der Waals surface area contributed by atoms with Crippen LogP contribution < -0.4 is 0 Å². The molecular weight excluding hydrogens is 393 g/mol. The van der Waals surface area contributed by atoms with Crippen LogP contribution in [0.25, 0.3) is 0 Å². The van der Waals surface area contributed by atoms with Crippen LogP contribution in [0.15, 0.2) is 42.5 Å².